The van der Waals surface area contributed by atoms with Gasteiger partial charge in [-0.25, -0.2) is 21.5 Å². The second-order valence-corrected chi connectivity index (χ2v) is 5.73. The Labute approximate surface area is 83.1 Å². The van der Waals surface area contributed by atoms with Gasteiger partial charge in [0, 0.05) is 19.0 Å². The van der Waals surface area contributed by atoms with Crippen LogP contribution in [-0.4, -0.2) is 38.0 Å². The number of piperidine rings is 1. The zero-order valence-corrected chi connectivity index (χ0v) is 8.93. The summed E-state index contributed by atoms with van der Waals surface area (Å²) < 4.78 is 48.6. The summed E-state index contributed by atoms with van der Waals surface area (Å²) in [6.07, 6.45) is -1.77. The fourth-order valence-electron chi connectivity index (χ4n) is 1.59. The maximum absolute atomic E-state index is 12.3. The van der Waals surface area contributed by atoms with Crippen LogP contribution in [0.25, 0.3) is 0 Å². The van der Waals surface area contributed by atoms with E-state index in [9.17, 15) is 17.2 Å². The van der Waals surface area contributed by atoms with Crippen molar-refractivity contribution >= 4 is 10.0 Å². The van der Waals surface area contributed by atoms with Gasteiger partial charge in [0.05, 0.1) is 5.75 Å². The summed E-state index contributed by atoms with van der Waals surface area (Å²) in [5, 5.41) is 0. The van der Waals surface area contributed by atoms with Crippen LogP contribution < -0.4 is 0 Å². The zero-order chi connectivity index (χ0) is 10.8. The second-order valence-electron chi connectivity index (χ2n) is 3.47. The van der Waals surface area contributed by atoms with Crippen molar-refractivity contribution in [3.63, 3.8) is 0 Å². The second kappa shape index (κ2) is 4.53. The molecule has 0 amide bonds. The highest BCUT2D eigenvalue weighted by molar-refractivity contribution is 7.89. The van der Waals surface area contributed by atoms with Crippen LogP contribution in [0.2, 0.25) is 0 Å². The van der Waals surface area contributed by atoms with E-state index in [1.165, 1.54) is 4.31 Å². The molecule has 84 valence electrons. The number of hydrogen-bond donors (Lipinski definition) is 0. The molecule has 1 heterocycles. The van der Waals surface area contributed by atoms with Gasteiger partial charge in [-0.3, -0.25) is 0 Å². The molecule has 0 aliphatic carbocycles. The number of rotatable bonds is 3. The Hall–Kier alpha value is -0.230. The lowest BCUT2D eigenvalue weighted by atomic mass is 9.99. The quantitative estimate of drug-likeness (QED) is 0.729. The summed E-state index contributed by atoms with van der Waals surface area (Å²) in [5.74, 6) is -0.579. The minimum atomic E-state index is -3.18. The lowest BCUT2D eigenvalue weighted by Gasteiger charge is -2.30. The molecule has 1 saturated heterocycles. The van der Waals surface area contributed by atoms with Gasteiger partial charge in [0.1, 0.15) is 0 Å². The van der Waals surface area contributed by atoms with Crippen molar-refractivity contribution in [2.45, 2.75) is 26.2 Å². The minimum Gasteiger partial charge on any atom is -0.212 e. The Morgan fingerprint density at radius 3 is 2.21 bits per heavy atom. The van der Waals surface area contributed by atoms with Gasteiger partial charge in [-0.15, -0.1) is 0 Å². The van der Waals surface area contributed by atoms with Crippen LogP contribution in [0.5, 0.6) is 0 Å². The predicted octanol–water partition coefficient (Wildman–Crippen LogP) is 1.31. The molecule has 1 rings (SSSR count). The minimum absolute atomic E-state index is 0.0480. The lowest BCUT2D eigenvalue weighted by molar-refractivity contribution is 0.0491. The topological polar surface area (TPSA) is 37.4 Å². The monoisotopic (exact) mass is 227 g/mol. The largest absolute Gasteiger partial charge is 0.241 e. The molecule has 0 aromatic carbocycles. The Balaban J connectivity index is 2.52. The molecule has 14 heavy (non-hydrogen) atoms. The molecule has 3 nitrogen and oxygen atoms in total. The van der Waals surface area contributed by atoms with Crippen LogP contribution >= 0.6 is 0 Å². The van der Waals surface area contributed by atoms with E-state index in [2.05, 4.69) is 0 Å². The molecule has 0 aromatic rings. The number of nitrogens with zero attached hydrogens (tertiary/aromatic N) is 1. The molecule has 0 atom stereocenters. The Morgan fingerprint density at radius 2 is 1.86 bits per heavy atom. The third-order valence-corrected chi connectivity index (χ3v) is 4.49. The third kappa shape index (κ3) is 2.63. The highest BCUT2D eigenvalue weighted by atomic mass is 32.2. The maximum Gasteiger partial charge on any atom is 0.241 e. The normalized spacial score (nSPS) is 21.7. The van der Waals surface area contributed by atoms with E-state index in [4.69, 9.17) is 0 Å². The third-order valence-electron chi connectivity index (χ3n) is 2.61. The first kappa shape index (κ1) is 11.8. The summed E-state index contributed by atoms with van der Waals surface area (Å²) in [4.78, 5) is 0. The maximum atomic E-state index is 12.3. The Morgan fingerprint density at radius 1 is 1.36 bits per heavy atom. The van der Waals surface area contributed by atoms with Gasteiger partial charge in [-0.05, 0) is 19.8 Å². The Kier molecular flexibility index (Phi) is 3.83. The smallest absolute Gasteiger partial charge is 0.212 e. The van der Waals surface area contributed by atoms with Crippen LogP contribution in [0.3, 0.4) is 0 Å². The average molecular weight is 227 g/mol. The molecule has 0 bridgehead atoms. The summed E-state index contributed by atoms with van der Waals surface area (Å²) in [5.41, 5.74) is 0. The van der Waals surface area contributed by atoms with Gasteiger partial charge in [0.25, 0.3) is 0 Å². The van der Waals surface area contributed by atoms with Gasteiger partial charge in [0.2, 0.25) is 16.4 Å². The van der Waals surface area contributed by atoms with Crippen molar-refractivity contribution in [3.05, 3.63) is 0 Å². The zero-order valence-electron chi connectivity index (χ0n) is 8.12. The molecular formula is C8H15F2NO2S. The molecule has 1 aliphatic heterocycles. The van der Waals surface area contributed by atoms with E-state index >= 15 is 0 Å². The molecule has 1 fully saturated rings. The van der Waals surface area contributed by atoms with Crippen LogP contribution in [-0.2, 0) is 10.0 Å². The van der Waals surface area contributed by atoms with Crippen LogP contribution in [0.1, 0.15) is 19.8 Å². The van der Waals surface area contributed by atoms with Crippen LogP contribution in [0.4, 0.5) is 8.78 Å². The van der Waals surface area contributed by atoms with Crippen molar-refractivity contribution in [2.75, 3.05) is 18.8 Å². The first-order valence-electron chi connectivity index (χ1n) is 4.73. The lowest BCUT2D eigenvalue weighted by Crippen LogP contribution is -2.40. The molecule has 0 aromatic heterocycles. The molecule has 0 spiro atoms. The van der Waals surface area contributed by atoms with E-state index in [0.29, 0.717) is 0 Å². The van der Waals surface area contributed by atoms with Crippen molar-refractivity contribution in [2.24, 2.45) is 5.92 Å². The van der Waals surface area contributed by atoms with Gasteiger partial charge in [-0.2, -0.15) is 0 Å². The first-order valence-corrected chi connectivity index (χ1v) is 6.34. The number of hydrogen-bond acceptors (Lipinski definition) is 2. The molecule has 0 unspecified atom stereocenters. The number of sulfonamides is 1. The fourth-order valence-corrected chi connectivity index (χ4v) is 2.72. The molecule has 1 aliphatic rings. The highest BCUT2D eigenvalue weighted by Crippen LogP contribution is 2.24. The van der Waals surface area contributed by atoms with E-state index < -0.39 is 22.4 Å². The van der Waals surface area contributed by atoms with Gasteiger partial charge in [0.15, 0.2) is 0 Å². The summed E-state index contributed by atoms with van der Waals surface area (Å²) >= 11 is 0. The van der Waals surface area contributed by atoms with Crippen molar-refractivity contribution in [3.8, 4) is 0 Å². The van der Waals surface area contributed by atoms with Crippen LogP contribution in [0.15, 0.2) is 0 Å². The average Bonchev–Trinajstić information content (AvgIpc) is 2.18. The van der Waals surface area contributed by atoms with E-state index in [1.807, 2.05) is 0 Å². The first-order chi connectivity index (χ1) is 6.47. The SMILES string of the molecule is CCS(=O)(=O)N1CCC(C(F)F)CC1. The fraction of sp³-hybridized carbons (Fsp3) is 1.00. The molecule has 0 N–H and O–H groups in total. The Bertz CT molecular complexity index is 271. The standard InChI is InChI=1S/C8H15F2NO2S/c1-2-14(12,13)11-5-3-7(4-6-11)8(9)10/h7-8H,2-6H2,1H3. The summed E-state index contributed by atoms with van der Waals surface area (Å²) in [6, 6.07) is 0. The molecule has 6 heteroatoms. The summed E-state index contributed by atoms with van der Waals surface area (Å²) in [6.45, 7) is 2.05. The number of halogens is 2. The molecular weight excluding hydrogens is 212 g/mol. The van der Waals surface area contributed by atoms with Gasteiger partial charge in [-0.1, -0.05) is 0 Å². The van der Waals surface area contributed by atoms with Crippen molar-refractivity contribution < 1.29 is 17.2 Å². The van der Waals surface area contributed by atoms with E-state index in [0.717, 1.165) is 0 Å². The van der Waals surface area contributed by atoms with Crippen molar-refractivity contribution in [1.29, 1.82) is 0 Å². The van der Waals surface area contributed by atoms with Crippen molar-refractivity contribution in [1.82, 2.24) is 4.31 Å². The van der Waals surface area contributed by atoms with Crippen LogP contribution in [0, 0.1) is 5.92 Å². The number of alkyl halides is 2. The van der Waals surface area contributed by atoms with Gasteiger partial charge >= 0.3 is 0 Å². The summed E-state index contributed by atoms with van der Waals surface area (Å²) in [7, 11) is -3.18. The van der Waals surface area contributed by atoms with E-state index in [1.54, 1.807) is 6.92 Å². The highest BCUT2D eigenvalue weighted by Gasteiger charge is 2.30. The predicted molar refractivity (Wildman–Crippen MR) is 49.8 cm³/mol. The van der Waals surface area contributed by atoms with Gasteiger partial charge < -0.3 is 0 Å². The molecule has 0 radical (unpaired) electrons. The van der Waals surface area contributed by atoms with E-state index in [-0.39, 0.29) is 31.7 Å². The molecule has 0 saturated carbocycles.